The molecule has 3 nitrogen and oxygen atoms in total. The van der Waals surface area contributed by atoms with Gasteiger partial charge >= 0.3 is 0 Å². The van der Waals surface area contributed by atoms with Crippen LogP contribution in [-0.2, 0) is 10.0 Å². The van der Waals surface area contributed by atoms with E-state index in [2.05, 4.69) is 17.4 Å². The highest BCUT2D eigenvalue weighted by Gasteiger charge is 2.19. The number of benzene rings is 3. The maximum atomic E-state index is 14.8. The average Bonchev–Trinajstić information content (AvgIpc) is 2.62. The summed E-state index contributed by atoms with van der Waals surface area (Å²) in [6, 6.07) is 16.7. The standard InChI is InChI=1S/C20H18FNO2S2/c1-13-8-9-15(12-14(13)2)17-10-11-18(19(21)20(17)25)22-26(23,24)16-6-4-3-5-7-16/h3-12,22,25H,1-2H3. The lowest BCUT2D eigenvalue weighted by Gasteiger charge is -2.13. The summed E-state index contributed by atoms with van der Waals surface area (Å²) in [5.74, 6) is -0.705. The fourth-order valence-corrected chi connectivity index (χ4v) is 3.99. The molecule has 0 aromatic heterocycles. The highest BCUT2D eigenvalue weighted by molar-refractivity contribution is 7.92. The Morgan fingerprint density at radius 3 is 2.27 bits per heavy atom. The molecule has 0 unspecified atom stereocenters. The maximum Gasteiger partial charge on any atom is 0.261 e. The van der Waals surface area contributed by atoms with Gasteiger partial charge in [-0.1, -0.05) is 42.5 Å². The quantitative estimate of drug-likeness (QED) is 0.605. The molecule has 0 aliphatic rings. The van der Waals surface area contributed by atoms with E-state index in [1.54, 1.807) is 24.3 Å². The predicted molar refractivity (Wildman–Crippen MR) is 106 cm³/mol. The van der Waals surface area contributed by atoms with Crippen molar-refractivity contribution in [2.24, 2.45) is 0 Å². The van der Waals surface area contributed by atoms with Crippen LogP contribution in [0.15, 0.2) is 70.5 Å². The van der Waals surface area contributed by atoms with Crippen molar-refractivity contribution in [3.8, 4) is 11.1 Å². The Labute approximate surface area is 158 Å². The zero-order valence-corrected chi connectivity index (χ0v) is 16.0. The largest absolute Gasteiger partial charge is 0.277 e. The molecule has 0 amide bonds. The monoisotopic (exact) mass is 387 g/mol. The van der Waals surface area contributed by atoms with E-state index in [0.29, 0.717) is 5.56 Å². The first-order valence-electron chi connectivity index (χ1n) is 7.96. The van der Waals surface area contributed by atoms with E-state index < -0.39 is 15.8 Å². The number of halogens is 1. The minimum absolute atomic E-state index is 0.0679. The summed E-state index contributed by atoms with van der Waals surface area (Å²) >= 11 is 4.28. The molecule has 3 aromatic rings. The van der Waals surface area contributed by atoms with E-state index in [4.69, 9.17) is 0 Å². The minimum Gasteiger partial charge on any atom is -0.277 e. The van der Waals surface area contributed by atoms with Gasteiger partial charge in [-0.3, -0.25) is 4.72 Å². The van der Waals surface area contributed by atoms with Crippen molar-refractivity contribution >= 4 is 28.3 Å². The van der Waals surface area contributed by atoms with Crippen LogP contribution in [0.4, 0.5) is 10.1 Å². The third-order valence-corrected chi connectivity index (χ3v) is 6.05. The highest BCUT2D eigenvalue weighted by atomic mass is 32.2. The molecule has 0 spiro atoms. The second-order valence-electron chi connectivity index (χ2n) is 6.04. The maximum absolute atomic E-state index is 14.8. The number of sulfonamides is 1. The Bertz CT molecular complexity index is 1060. The normalized spacial score (nSPS) is 11.4. The van der Waals surface area contributed by atoms with E-state index in [-0.39, 0.29) is 15.5 Å². The van der Waals surface area contributed by atoms with Crippen molar-refractivity contribution in [3.05, 3.63) is 77.6 Å². The Hall–Kier alpha value is -2.31. The lowest BCUT2D eigenvalue weighted by atomic mass is 10.00. The van der Waals surface area contributed by atoms with Gasteiger partial charge in [0.2, 0.25) is 0 Å². The molecule has 0 bridgehead atoms. The number of hydrogen-bond acceptors (Lipinski definition) is 3. The van der Waals surface area contributed by atoms with E-state index in [0.717, 1.165) is 16.7 Å². The number of rotatable bonds is 4. The Kier molecular flexibility index (Phi) is 5.07. The van der Waals surface area contributed by atoms with Crippen molar-refractivity contribution in [3.63, 3.8) is 0 Å². The molecule has 0 saturated heterocycles. The number of anilines is 1. The van der Waals surface area contributed by atoms with Crippen LogP contribution in [0.1, 0.15) is 11.1 Å². The van der Waals surface area contributed by atoms with Crippen LogP contribution in [-0.4, -0.2) is 8.42 Å². The van der Waals surface area contributed by atoms with Crippen molar-refractivity contribution in [2.75, 3.05) is 4.72 Å². The molecule has 0 aliphatic carbocycles. The summed E-state index contributed by atoms with van der Waals surface area (Å²) in [4.78, 5) is 0.167. The van der Waals surface area contributed by atoms with Crippen molar-refractivity contribution < 1.29 is 12.8 Å². The second kappa shape index (κ2) is 7.13. The van der Waals surface area contributed by atoms with E-state index in [1.807, 2.05) is 32.0 Å². The van der Waals surface area contributed by atoms with Crippen molar-refractivity contribution in [2.45, 2.75) is 23.6 Å². The highest BCUT2D eigenvalue weighted by Crippen LogP contribution is 2.34. The number of nitrogens with one attached hydrogen (secondary N) is 1. The molecule has 0 fully saturated rings. The Morgan fingerprint density at radius 1 is 0.923 bits per heavy atom. The van der Waals surface area contributed by atoms with Crippen LogP contribution in [0, 0.1) is 19.7 Å². The van der Waals surface area contributed by atoms with E-state index in [1.165, 1.54) is 18.2 Å². The number of thiol groups is 1. The summed E-state index contributed by atoms with van der Waals surface area (Å²) in [5, 5.41) is 0. The molecule has 0 heterocycles. The summed E-state index contributed by atoms with van der Waals surface area (Å²) in [5.41, 5.74) is 3.53. The molecular weight excluding hydrogens is 369 g/mol. The van der Waals surface area contributed by atoms with Crippen LogP contribution in [0.3, 0.4) is 0 Å². The summed E-state index contributed by atoms with van der Waals surface area (Å²) in [7, 11) is -3.87. The fraction of sp³-hybridized carbons (Fsp3) is 0.100. The third-order valence-electron chi connectivity index (χ3n) is 4.23. The summed E-state index contributed by atoms with van der Waals surface area (Å²) in [6.45, 7) is 3.98. The zero-order chi connectivity index (χ0) is 18.9. The SMILES string of the molecule is Cc1ccc(-c2ccc(NS(=O)(=O)c3ccccc3)c(F)c2S)cc1C. The lowest BCUT2D eigenvalue weighted by molar-refractivity contribution is 0.594. The molecular formula is C20H18FNO2S2. The van der Waals surface area contributed by atoms with Gasteiger partial charge in [-0.15, -0.1) is 12.6 Å². The van der Waals surface area contributed by atoms with Gasteiger partial charge in [0.1, 0.15) is 0 Å². The molecule has 1 N–H and O–H groups in total. The summed E-state index contributed by atoms with van der Waals surface area (Å²) in [6.07, 6.45) is 0. The third kappa shape index (κ3) is 3.61. The molecule has 3 rings (SSSR count). The number of hydrogen-bond donors (Lipinski definition) is 2. The van der Waals surface area contributed by atoms with Gasteiger partial charge < -0.3 is 0 Å². The van der Waals surface area contributed by atoms with Crippen LogP contribution in [0.2, 0.25) is 0 Å². The van der Waals surface area contributed by atoms with Crippen LogP contribution < -0.4 is 4.72 Å². The van der Waals surface area contributed by atoms with Gasteiger partial charge in [0.15, 0.2) is 5.82 Å². The van der Waals surface area contributed by atoms with E-state index in [9.17, 15) is 12.8 Å². The van der Waals surface area contributed by atoms with Crippen LogP contribution in [0.25, 0.3) is 11.1 Å². The smallest absolute Gasteiger partial charge is 0.261 e. The first-order valence-corrected chi connectivity index (χ1v) is 9.89. The fourth-order valence-electron chi connectivity index (χ4n) is 2.59. The van der Waals surface area contributed by atoms with Crippen molar-refractivity contribution in [1.82, 2.24) is 0 Å². The first kappa shape index (κ1) is 18.5. The molecule has 0 aliphatic heterocycles. The van der Waals surface area contributed by atoms with Crippen molar-refractivity contribution in [1.29, 1.82) is 0 Å². The topological polar surface area (TPSA) is 46.2 Å². The average molecular weight is 388 g/mol. The van der Waals surface area contributed by atoms with Crippen LogP contribution >= 0.6 is 12.6 Å². The molecule has 0 saturated carbocycles. The van der Waals surface area contributed by atoms with Gasteiger partial charge in [0.25, 0.3) is 10.0 Å². The second-order valence-corrected chi connectivity index (χ2v) is 8.17. The molecule has 134 valence electrons. The molecule has 0 atom stereocenters. The van der Waals surface area contributed by atoms with Gasteiger partial charge in [0.05, 0.1) is 10.6 Å². The van der Waals surface area contributed by atoms with Gasteiger partial charge in [-0.2, -0.15) is 0 Å². The van der Waals surface area contributed by atoms with Crippen LogP contribution in [0.5, 0.6) is 0 Å². The molecule has 0 radical (unpaired) electrons. The molecule has 3 aromatic carbocycles. The predicted octanol–water partition coefficient (Wildman–Crippen LogP) is 5.20. The van der Waals surface area contributed by atoms with E-state index >= 15 is 0 Å². The van der Waals surface area contributed by atoms with Gasteiger partial charge in [0, 0.05) is 4.90 Å². The Balaban J connectivity index is 1.99. The molecule has 26 heavy (non-hydrogen) atoms. The minimum atomic E-state index is -3.87. The van der Waals surface area contributed by atoms with Gasteiger partial charge in [-0.25, -0.2) is 12.8 Å². The Morgan fingerprint density at radius 2 is 1.62 bits per heavy atom. The number of aryl methyl sites for hydroxylation is 2. The zero-order valence-electron chi connectivity index (χ0n) is 14.3. The van der Waals surface area contributed by atoms with Gasteiger partial charge in [-0.05, 0) is 54.3 Å². The lowest BCUT2D eigenvalue weighted by Crippen LogP contribution is -2.14. The molecule has 6 heteroatoms. The first-order chi connectivity index (χ1) is 12.3. The summed E-state index contributed by atoms with van der Waals surface area (Å²) < 4.78 is 41.9.